The SMILES string of the molecule is N#CC(C#N)=c1ccc2c(ccc3cc(=C(C#N)C#N)ccc32)c1. The van der Waals surface area contributed by atoms with E-state index >= 15 is 0 Å². The Morgan fingerprint density at radius 1 is 0.542 bits per heavy atom. The third-order valence-electron chi connectivity index (χ3n) is 3.86. The van der Waals surface area contributed by atoms with E-state index in [-0.39, 0.29) is 11.1 Å². The van der Waals surface area contributed by atoms with Crippen LogP contribution in [0.15, 0.2) is 48.5 Å². The van der Waals surface area contributed by atoms with E-state index in [9.17, 15) is 0 Å². The molecule has 4 heteroatoms. The molecule has 0 aliphatic heterocycles. The molecule has 0 aliphatic rings. The number of hydrogen-bond acceptors (Lipinski definition) is 4. The quantitative estimate of drug-likeness (QED) is 0.596. The first-order valence-electron chi connectivity index (χ1n) is 7.03. The van der Waals surface area contributed by atoms with Gasteiger partial charge in [0, 0.05) is 10.4 Å². The largest absolute Gasteiger partial charge is 0.192 e. The molecule has 3 aromatic carbocycles. The minimum absolute atomic E-state index is 0.0784. The highest BCUT2D eigenvalue weighted by molar-refractivity contribution is 6.07. The summed E-state index contributed by atoms with van der Waals surface area (Å²) >= 11 is 0. The molecule has 0 bridgehead atoms. The number of rotatable bonds is 0. The summed E-state index contributed by atoms with van der Waals surface area (Å²) in [5.41, 5.74) is 0.157. The van der Waals surface area contributed by atoms with Crippen molar-refractivity contribution in [1.82, 2.24) is 0 Å². The molecule has 108 valence electrons. The van der Waals surface area contributed by atoms with E-state index in [4.69, 9.17) is 21.0 Å². The molecule has 3 rings (SSSR count). The predicted octanol–water partition coefficient (Wildman–Crippen LogP) is 2.39. The lowest BCUT2D eigenvalue weighted by Crippen LogP contribution is -2.04. The Balaban J connectivity index is 2.40. The smallest absolute Gasteiger partial charge is 0.136 e. The van der Waals surface area contributed by atoms with Gasteiger partial charge in [-0.25, -0.2) is 0 Å². The highest BCUT2D eigenvalue weighted by Gasteiger charge is 2.03. The Labute approximate surface area is 137 Å². The van der Waals surface area contributed by atoms with E-state index in [0.29, 0.717) is 10.4 Å². The molecule has 0 unspecified atom stereocenters. The van der Waals surface area contributed by atoms with Crippen molar-refractivity contribution in [1.29, 1.82) is 21.0 Å². The van der Waals surface area contributed by atoms with Crippen LogP contribution < -0.4 is 10.4 Å². The number of nitrogens with zero attached hydrogens (tertiary/aromatic N) is 4. The first-order valence-corrected chi connectivity index (χ1v) is 7.03. The Bertz CT molecular complexity index is 1150. The summed E-state index contributed by atoms with van der Waals surface area (Å²) in [5, 5.41) is 40.9. The predicted molar refractivity (Wildman–Crippen MR) is 90.0 cm³/mol. The summed E-state index contributed by atoms with van der Waals surface area (Å²) in [7, 11) is 0. The Kier molecular flexibility index (Phi) is 3.66. The van der Waals surface area contributed by atoms with E-state index < -0.39 is 0 Å². The van der Waals surface area contributed by atoms with Gasteiger partial charge in [-0.05, 0) is 33.7 Å². The van der Waals surface area contributed by atoms with Crippen molar-refractivity contribution < 1.29 is 0 Å². The number of fused-ring (bicyclic) bond motifs is 3. The van der Waals surface area contributed by atoms with Gasteiger partial charge in [0.15, 0.2) is 0 Å². The van der Waals surface area contributed by atoms with E-state index in [1.807, 2.05) is 60.7 Å². The molecule has 0 atom stereocenters. The van der Waals surface area contributed by atoms with Crippen LogP contribution in [-0.2, 0) is 0 Å². The van der Waals surface area contributed by atoms with Crippen LogP contribution in [0.1, 0.15) is 0 Å². The topological polar surface area (TPSA) is 95.2 Å². The zero-order chi connectivity index (χ0) is 17.1. The first kappa shape index (κ1) is 14.8. The van der Waals surface area contributed by atoms with Crippen molar-refractivity contribution in [3.63, 3.8) is 0 Å². The lowest BCUT2D eigenvalue weighted by Gasteiger charge is -2.04. The van der Waals surface area contributed by atoms with Gasteiger partial charge in [-0.3, -0.25) is 0 Å². The fourth-order valence-electron chi connectivity index (χ4n) is 2.69. The Morgan fingerprint density at radius 2 is 0.917 bits per heavy atom. The van der Waals surface area contributed by atoms with Gasteiger partial charge in [-0.2, -0.15) is 21.0 Å². The third kappa shape index (κ3) is 2.32. The van der Waals surface area contributed by atoms with Gasteiger partial charge in [-0.15, -0.1) is 0 Å². The van der Waals surface area contributed by atoms with Gasteiger partial charge in [-0.1, -0.05) is 36.4 Å². The van der Waals surface area contributed by atoms with Crippen molar-refractivity contribution in [2.75, 3.05) is 0 Å². The van der Waals surface area contributed by atoms with Crippen LogP contribution in [0.5, 0.6) is 0 Å². The summed E-state index contributed by atoms with van der Waals surface area (Å²) < 4.78 is 0. The number of hydrogen-bond donors (Lipinski definition) is 0. The number of benzene rings is 3. The number of nitriles is 4. The molecule has 0 saturated carbocycles. The van der Waals surface area contributed by atoms with Gasteiger partial charge in [0.1, 0.15) is 35.4 Å². The van der Waals surface area contributed by atoms with Crippen LogP contribution in [0.4, 0.5) is 0 Å². The second kappa shape index (κ2) is 5.94. The fourth-order valence-corrected chi connectivity index (χ4v) is 2.69. The molecule has 0 spiro atoms. The van der Waals surface area contributed by atoms with E-state index in [0.717, 1.165) is 21.5 Å². The van der Waals surface area contributed by atoms with E-state index in [2.05, 4.69) is 0 Å². The maximum absolute atomic E-state index is 8.99. The molecule has 4 nitrogen and oxygen atoms in total. The molecule has 0 fully saturated rings. The minimum atomic E-state index is 0.0784. The highest BCUT2D eigenvalue weighted by Crippen LogP contribution is 2.23. The molecular formula is C20H8N4. The average molecular weight is 304 g/mol. The van der Waals surface area contributed by atoms with Crippen molar-refractivity contribution in [2.24, 2.45) is 0 Å². The molecule has 24 heavy (non-hydrogen) atoms. The lowest BCUT2D eigenvalue weighted by molar-refractivity contribution is 1.49. The second-order valence-electron chi connectivity index (χ2n) is 5.13. The van der Waals surface area contributed by atoms with Crippen molar-refractivity contribution in [3.05, 3.63) is 59.0 Å². The van der Waals surface area contributed by atoms with Crippen LogP contribution in [0.2, 0.25) is 0 Å². The summed E-state index contributed by atoms with van der Waals surface area (Å²) in [6, 6.07) is 22.2. The van der Waals surface area contributed by atoms with Crippen molar-refractivity contribution in [3.8, 4) is 24.3 Å². The molecule has 0 aromatic heterocycles. The summed E-state index contributed by atoms with van der Waals surface area (Å²) in [4.78, 5) is 0. The highest BCUT2D eigenvalue weighted by atomic mass is 14.3. The minimum Gasteiger partial charge on any atom is -0.192 e. The van der Waals surface area contributed by atoms with Crippen LogP contribution in [-0.4, -0.2) is 0 Å². The summed E-state index contributed by atoms with van der Waals surface area (Å²) in [6.07, 6.45) is 0. The van der Waals surface area contributed by atoms with Gasteiger partial charge in [0.05, 0.1) is 0 Å². The average Bonchev–Trinajstić information content (AvgIpc) is 2.63. The molecule has 0 heterocycles. The zero-order valence-electron chi connectivity index (χ0n) is 12.4. The van der Waals surface area contributed by atoms with Gasteiger partial charge in [0.2, 0.25) is 0 Å². The van der Waals surface area contributed by atoms with Crippen LogP contribution in [0, 0.1) is 45.3 Å². The first-order chi connectivity index (χ1) is 11.7. The molecule has 3 aromatic rings. The van der Waals surface area contributed by atoms with Crippen LogP contribution in [0.25, 0.3) is 32.7 Å². The fraction of sp³-hybridized carbons (Fsp3) is 0. The standard InChI is InChI=1S/C20H8N4/c21-9-17(10-22)13-3-5-19-15(7-13)1-2-16-8-14(4-6-20(16)19)18(11-23)12-24/h1-8H. The van der Waals surface area contributed by atoms with Crippen molar-refractivity contribution >= 4 is 32.7 Å². The van der Waals surface area contributed by atoms with Gasteiger partial charge >= 0.3 is 0 Å². The van der Waals surface area contributed by atoms with Crippen molar-refractivity contribution in [2.45, 2.75) is 0 Å². The second-order valence-corrected chi connectivity index (χ2v) is 5.13. The van der Waals surface area contributed by atoms with Gasteiger partial charge in [0.25, 0.3) is 0 Å². The third-order valence-corrected chi connectivity index (χ3v) is 3.86. The summed E-state index contributed by atoms with van der Waals surface area (Å²) in [5.74, 6) is 0. The zero-order valence-corrected chi connectivity index (χ0v) is 12.4. The van der Waals surface area contributed by atoms with E-state index in [1.54, 1.807) is 12.1 Å². The molecular weight excluding hydrogens is 296 g/mol. The Hall–Kier alpha value is -4.12. The Morgan fingerprint density at radius 3 is 1.25 bits per heavy atom. The maximum atomic E-state index is 8.99. The molecule has 0 aliphatic carbocycles. The maximum Gasteiger partial charge on any atom is 0.136 e. The van der Waals surface area contributed by atoms with Crippen LogP contribution >= 0.6 is 0 Å². The molecule has 0 N–H and O–H groups in total. The van der Waals surface area contributed by atoms with E-state index in [1.165, 1.54) is 0 Å². The lowest BCUT2D eigenvalue weighted by atomic mass is 9.99. The monoisotopic (exact) mass is 304 g/mol. The van der Waals surface area contributed by atoms with Gasteiger partial charge < -0.3 is 0 Å². The summed E-state index contributed by atoms with van der Waals surface area (Å²) in [6.45, 7) is 0. The molecule has 0 amide bonds. The molecule has 0 saturated heterocycles. The normalized spacial score (nSPS) is 9.50. The molecule has 0 radical (unpaired) electrons. The van der Waals surface area contributed by atoms with Crippen LogP contribution in [0.3, 0.4) is 0 Å².